The van der Waals surface area contributed by atoms with Crippen LogP contribution in [0.1, 0.15) is 12.8 Å². The number of hydrogen-bond donors (Lipinski definition) is 3. The molecule has 1 rings (SSSR count). The summed E-state index contributed by atoms with van der Waals surface area (Å²) in [5.41, 5.74) is 5.51. The van der Waals surface area contributed by atoms with Gasteiger partial charge in [-0.2, -0.15) is 0 Å². The number of nitrogens with zero attached hydrogens (tertiary/aromatic N) is 1. The van der Waals surface area contributed by atoms with Gasteiger partial charge in [0.15, 0.2) is 5.96 Å². The molecule has 0 bridgehead atoms. The number of aliphatic hydroxyl groups excluding tert-OH is 1. The number of aliphatic imine (C=N–C) groups is 1. The summed E-state index contributed by atoms with van der Waals surface area (Å²) in [5, 5.41) is 12.3. The summed E-state index contributed by atoms with van der Waals surface area (Å²) in [6.45, 7) is 6.24. The highest BCUT2D eigenvalue weighted by molar-refractivity contribution is 14.0. The Labute approximate surface area is 120 Å². The van der Waals surface area contributed by atoms with Gasteiger partial charge in [0, 0.05) is 25.2 Å². The van der Waals surface area contributed by atoms with Crippen molar-refractivity contribution >= 4 is 29.9 Å². The summed E-state index contributed by atoms with van der Waals surface area (Å²) in [7, 11) is 0. The molecule has 6 heteroatoms. The van der Waals surface area contributed by atoms with E-state index in [1.165, 1.54) is 0 Å². The molecule has 0 aromatic carbocycles. The Bertz CT molecular complexity index is 253. The third kappa shape index (κ3) is 5.69. The Morgan fingerprint density at radius 1 is 1.53 bits per heavy atom. The predicted octanol–water partition coefficient (Wildman–Crippen LogP) is 0.484. The average Bonchev–Trinajstić information content (AvgIpc) is 2.35. The van der Waals surface area contributed by atoms with E-state index in [9.17, 15) is 5.11 Å². The number of guanidine groups is 1. The van der Waals surface area contributed by atoms with Gasteiger partial charge in [-0.1, -0.05) is 6.08 Å². The molecule has 1 aliphatic rings. The molecule has 0 aromatic heterocycles. The monoisotopic (exact) mass is 355 g/mol. The van der Waals surface area contributed by atoms with Gasteiger partial charge in [0.25, 0.3) is 0 Å². The molecule has 0 aromatic rings. The molecule has 4 N–H and O–H groups in total. The summed E-state index contributed by atoms with van der Waals surface area (Å²) < 4.78 is 5.28. The fourth-order valence-corrected chi connectivity index (χ4v) is 1.66. The molecular weight excluding hydrogens is 333 g/mol. The minimum atomic E-state index is -0.154. The van der Waals surface area contributed by atoms with Gasteiger partial charge in [0.2, 0.25) is 0 Å². The van der Waals surface area contributed by atoms with Gasteiger partial charge in [0.05, 0.1) is 13.2 Å². The zero-order chi connectivity index (χ0) is 11.9. The van der Waals surface area contributed by atoms with Crippen LogP contribution < -0.4 is 11.1 Å². The van der Waals surface area contributed by atoms with Crippen molar-refractivity contribution in [2.75, 3.05) is 32.9 Å². The van der Waals surface area contributed by atoms with Gasteiger partial charge in [0.1, 0.15) is 0 Å². The second-order valence-corrected chi connectivity index (χ2v) is 4.14. The number of hydrogen-bond acceptors (Lipinski definition) is 3. The van der Waals surface area contributed by atoms with E-state index < -0.39 is 0 Å². The van der Waals surface area contributed by atoms with Crippen LogP contribution in [-0.4, -0.2) is 44.0 Å². The van der Waals surface area contributed by atoms with Gasteiger partial charge in [-0.3, -0.25) is 4.99 Å². The van der Waals surface area contributed by atoms with Crippen LogP contribution in [0.4, 0.5) is 0 Å². The Hall–Kier alpha value is -0.340. The minimum Gasteiger partial charge on any atom is -0.396 e. The fraction of sp³-hybridized carbons (Fsp3) is 0.727. The van der Waals surface area contributed by atoms with Gasteiger partial charge in [-0.15, -0.1) is 30.6 Å². The van der Waals surface area contributed by atoms with Crippen LogP contribution in [0.25, 0.3) is 0 Å². The van der Waals surface area contributed by atoms with E-state index in [1.807, 2.05) is 0 Å². The van der Waals surface area contributed by atoms with Crippen LogP contribution >= 0.6 is 24.0 Å². The first-order chi connectivity index (χ1) is 7.72. The number of nitrogens with two attached hydrogens (primary N) is 1. The van der Waals surface area contributed by atoms with Crippen molar-refractivity contribution in [3.8, 4) is 0 Å². The maximum absolute atomic E-state index is 9.43. The van der Waals surface area contributed by atoms with E-state index >= 15 is 0 Å². The maximum Gasteiger partial charge on any atom is 0.188 e. The molecule has 1 fully saturated rings. The zero-order valence-electron chi connectivity index (χ0n) is 10.0. The van der Waals surface area contributed by atoms with Crippen molar-refractivity contribution < 1.29 is 9.84 Å². The molecule has 1 heterocycles. The van der Waals surface area contributed by atoms with Gasteiger partial charge in [-0.25, -0.2) is 0 Å². The number of rotatable bonds is 5. The second kappa shape index (κ2) is 8.71. The Kier molecular flexibility index (Phi) is 8.53. The van der Waals surface area contributed by atoms with Crippen molar-refractivity contribution in [3.05, 3.63) is 12.7 Å². The number of ether oxygens (including phenoxy) is 1. The van der Waals surface area contributed by atoms with Crippen molar-refractivity contribution in [3.63, 3.8) is 0 Å². The lowest BCUT2D eigenvalue weighted by Gasteiger charge is -2.34. The molecule has 0 atom stereocenters. The first-order valence-corrected chi connectivity index (χ1v) is 5.56. The van der Waals surface area contributed by atoms with E-state index in [4.69, 9.17) is 10.5 Å². The number of halogens is 1. The largest absolute Gasteiger partial charge is 0.396 e. The Morgan fingerprint density at radius 2 is 2.18 bits per heavy atom. The molecule has 0 spiro atoms. The fourth-order valence-electron chi connectivity index (χ4n) is 1.66. The van der Waals surface area contributed by atoms with E-state index in [2.05, 4.69) is 16.9 Å². The quantitative estimate of drug-likeness (QED) is 0.290. The SMILES string of the molecule is C=CCNC(N)=NCC1(CO)CCOCC1.I. The molecule has 5 nitrogen and oxygen atoms in total. The van der Waals surface area contributed by atoms with Crippen LogP contribution in [0.5, 0.6) is 0 Å². The highest BCUT2D eigenvalue weighted by atomic mass is 127. The third-order valence-corrected chi connectivity index (χ3v) is 2.90. The second-order valence-electron chi connectivity index (χ2n) is 4.14. The summed E-state index contributed by atoms with van der Waals surface area (Å²) >= 11 is 0. The molecule has 0 amide bonds. The predicted molar refractivity (Wildman–Crippen MR) is 79.7 cm³/mol. The maximum atomic E-state index is 9.43. The van der Waals surface area contributed by atoms with Gasteiger partial charge < -0.3 is 20.9 Å². The lowest BCUT2D eigenvalue weighted by atomic mass is 9.81. The summed E-state index contributed by atoms with van der Waals surface area (Å²) in [4.78, 5) is 4.25. The van der Waals surface area contributed by atoms with Gasteiger partial charge in [-0.05, 0) is 12.8 Å². The first-order valence-electron chi connectivity index (χ1n) is 5.56. The summed E-state index contributed by atoms with van der Waals surface area (Å²) in [5.74, 6) is 0.402. The average molecular weight is 355 g/mol. The molecule has 0 aliphatic carbocycles. The molecular formula is C11H22IN3O2. The van der Waals surface area contributed by atoms with E-state index in [1.54, 1.807) is 6.08 Å². The van der Waals surface area contributed by atoms with Crippen LogP contribution in [0.15, 0.2) is 17.6 Å². The molecule has 0 radical (unpaired) electrons. The first kappa shape index (κ1) is 16.7. The Morgan fingerprint density at radius 3 is 2.71 bits per heavy atom. The Balaban J connectivity index is 0.00000256. The number of aliphatic hydroxyl groups is 1. The number of nitrogens with one attached hydrogen (secondary N) is 1. The van der Waals surface area contributed by atoms with Crippen LogP contribution in [0, 0.1) is 5.41 Å². The van der Waals surface area contributed by atoms with E-state index in [-0.39, 0.29) is 36.0 Å². The molecule has 1 saturated heterocycles. The topological polar surface area (TPSA) is 79.9 Å². The summed E-state index contributed by atoms with van der Waals surface area (Å²) in [6, 6.07) is 0. The highest BCUT2D eigenvalue weighted by Gasteiger charge is 2.31. The third-order valence-electron chi connectivity index (χ3n) is 2.90. The van der Waals surface area contributed by atoms with Crippen molar-refractivity contribution in [1.82, 2.24) is 5.32 Å². The lowest BCUT2D eigenvalue weighted by Crippen LogP contribution is -2.38. The van der Waals surface area contributed by atoms with Crippen LogP contribution in [0.2, 0.25) is 0 Å². The standard InChI is InChI=1S/C11H21N3O2.HI/c1-2-5-13-10(12)14-8-11(9-15)3-6-16-7-4-11;/h2,15H,1,3-9H2,(H3,12,13,14);1H. The smallest absolute Gasteiger partial charge is 0.188 e. The molecule has 0 unspecified atom stereocenters. The van der Waals surface area contributed by atoms with Crippen molar-refractivity contribution in [2.45, 2.75) is 12.8 Å². The molecule has 0 saturated carbocycles. The normalized spacial score (nSPS) is 19.2. The zero-order valence-corrected chi connectivity index (χ0v) is 12.4. The lowest BCUT2D eigenvalue weighted by molar-refractivity contribution is -0.0105. The van der Waals surface area contributed by atoms with Crippen molar-refractivity contribution in [1.29, 1.82) is 0 Å². The summed E-state index contributed by atoms with van der Waals surface area (Å²) in [6.07, 6.45) is 3.39. The molecule has 1 aliphatic heterocycles. The van der Waals surface area contributed by atoms with Crippen molar-refractivity contribution in [2.24, 2.45) is 16.1 Å². The van der Waals surface area contributed by atoms with Crippen LogP contribution in [0.3, 0.4) is 0 Å². The van der Waals surface area contributed by atoms with E-state index in [0.29, 0.717) is 32.3 Å². The van der Waals surface area contributed by atoms with Gasteiger partial charge >= 0.3 is 0 Å². The molecule has 100 valence electrons. The molecule has 17 heavy (non-hydrogen) atoms. The minimum absolute atomic E-state index is 0. The van der Waals surface area contributed by atoms with Crippen LogP contribution in [-0.2, 0) is 4.74 Å². The highest BCUT2D eigenvalue weighted by Crippen LogP contribution is 2.30. The van der Waals surface area contributed by atoms with E-state index in [0.717, 1.165) is 12.8 Å².